The van der Waals surface area contributed by atoms with E-state index in [-0.39, 0.29) is 0 Å². The molecule has 0 aliphatic rings. The van der Waals surface area contributed by atoms with Gasteiger partial charge in [-0.3, -0.25) is 9.71 Å². The van der Waals surface area contributed by atoms with Gasteiger partial charge >= 0.3 is 0 Å². The third-order valence-corrected chi connectivity index (χ3v) is 3.78. The largest absolute Gasteiger partial charge is 0.497 e. The van der Waals surface area contributed by atoms with E-state index in [0.29, 0.717) is 0 Å². The van der Waals surface area contributed by atoms with Gasteiger partial charge in [-0.15, -0.1) is 0 Å². The molecule has 0 heterocycles. The second-order valence-electron chi connectivity index (χ2n) is 4.48. The Labute approximate surface area is 149 Å². The van der Waals surface area contributed by atoms with Crippen LogP contribution >= 0.6 is 11.9 Å². The number of benzene rings is 2. The van der Waals surface area contributed by atoms with Crippen molar-refractivity contribution in [3.05, 3.63) is 54.6 Å². The van der Waals surface area contributed by atoms with Crippen LogP contribution in [0.15, 0.2) is 58.9 Å². The molecule has 128 valence electrons. The molecule has 2 rings (SSSR count). The van der Waals surface area contributed by atoms with Crippen LogP contribution in [0.1, 0.15) is 19.4 Å². The molecule has 0 aliphatic carbocycles. The molecule has 0 radical (unpaired) electrons. The first-order chi connectivity index (χ1) is 11.7. The molecule has 0 unspecified atom stereocenters. The smallest absolute Gasteiger partial charge is 0.121 e. The predicted molar refractivity (Wildman–Crippen MR) is 108 cm³/mol. The van der Waals surface area contributed by atoms with Crippen LogP contribution in [0.2, 0.25) is 0 Å². The van der Waals surface area contributed by atoms with Gasteiger partial charge in [0.1, 0.15) is 5.75 Å². The third-order valence-electron chi connectivity index (χ3n) is 3.07. The fraction of sp³-hybridized carbons (Fsp3) is 0.211. The zero-order chi connectivity index (χ0) is 17.9. The number of rotatable bonds is 7. The summed E-state index contributed by atoms with van der Waals surface area (Å²) >= 11 is 1.57. The number of nitrogens with one attached hydrogen (secondary N) is 2. The van der Waals surface area contributed by atoms with Gasteiger partial charge in [0.25, 0.3) is 0 Å². The molecule has 0 saturated heterocycles. The lowest BCUT2D eigenvalue weighted by Gasteiger charge is -2.13. The maximum absolute atomic E-state index is 5.20. The molecule has 4 nitrogen and oxygen atoms in total. The Hall–Kier alpha value is -2.24. The standard InChI is InChI=1S/C17H19N3OS.C2H6/c1-12(16-10-7-14(21-4)11-17(16)18-2)20-13-5-8-15(9-6-13)22-19-3;1-2/h5-11,19-20H,1-2H2,3-4H3;1-2H3. The van der Waals surface area contributed by atoms with Crippen molar-refractivity contribution in [3.8, 4) is 5.75 Å². The molecular formula is C19H25N3OS. The molecule has 0 spiro atoms. The van der Waals surface area contributed by atoms with E-state index in [9.17, 15) is 0 Å². The van der Waals surface area contributed by atoms with Crippen molar-refractivity contribution in [1.82, 2.24) is 4.72 Å². The average Bonchev–Trinajstić information content (AvgIpc) is 2.64. The predicted octanol–water partition coefficient (Wildman–Crippen LogP) is 5.36. The minimum Gasteiger partial charge on any atom is -0.497 e. The number of nitrogens with zero attached hydrogens (tertiary/aromatic N) is 1. The van der Waals surface area contributed by atoms with Crippen molar-refractivity contribution >= 4 is 35.7 Å². The quantitative estimate of drug-likeness (QED) is 0.524. The van der Waals surface area contributed by atoms with Crippen LogP contribution < -0.4 is 14.8 Å². The summed E-state index contributed by atoms with van der Waals surface area (Å²) in [5, 5.41) is 3.29. The Kier molecular flexibility index (Phi) is 8.68. The Morgan fingerprint density at radius 3 is 2.33 bits per heavy atom. The molecule has 0 fully saturated rings. The highest BCUT2D eigenvalue weighted by Crippen LogP contribution is 2.30. The van der Waals surface area contributed by atoms with E-state index in [0.717, 1.165) is 33.3 Å². The first-order valence-electron chi connectivity index (χ1n) is 7.72. The highest BCUT2D eigenvalue weighted by Gasteiger charge is 2.07. The van der Waals surface area contributed by atoms with E-state index in [1.54, 1.807) is 19.1 Å². The normalized spacial score (nSPS) is 9.50. The highest BCUT2D eigenvalue weighted by molar-refractivity contribution is 7.97. The van der Waals surface area contributed by atoms with Gasteiger partial charge in [-0.05, 0) is 62.1 Å². The zero-order valence-corrected chi connectivity index (χ0v) is 15.5. The van der Waals surface area contributed by atoms with E-state index in [1.165, 1.54) is 0 Å². The van der Waals surface area contributed by atoms with Gasteiger partial charge in [-0.2, -0.15) is 0 Å². The second-order valence-corrected chi connectivity index (χ2v) is 5.56. The number of methoxy groups -OCH3 is 1. The summed E-state index contributed by atoms with van der Waals surface area (Å²) in [6, 6.07) is 13.7. The van der Waals surface area contributed by atoms with Crippen LogP contribution in [0.4, 0.5) is 11.4 Å². The summed E-state index contributed by atoms with van der Waals surface area (Å²) in [7, 11) is 3.52. The molecule has 5 heteroatoms. The monoisotopic (exact) mass is 343 g/mol. The molecule has 0 aliphatic heterocycles. The van der Waals surface area contributed by atoms with Gasteiger partial charge < -0.3 is 10.1 Å². The van der Waals surface area contributed by atoms with Crippen molar-refractivity contribution in [2.75, 3.05) is 19.5 Å². The molecule has 0 atom stereocenters. The number of ether oxygens (including phenoxy) is 1. The lowest BCUT2D eigenvalue weighted by molar-refractivity contribution is 0.415. The molecule has 2 N–H and O–H groups in total. The molecule has 0 aromatic heterocycles. The van der Waals surface area contributed by atoms with Gasteiger partial charge in [0.05, 0.1) is 12.8 Å². The van der Waals surface area contributed by atoms with E-state index in [4.69, 9.17) is 4.74 Å². The maximum Gasteiger partial charge on any atom is 0.121 e. The fourth-order valence-electron chi connectivity index (χ4n) is 1.99. The zero-order valence-electron chi connectivity index (χ0n) is 14.7. The lowest BCUT2D eigenvalue weighted by atomic mass is 10.1. The summed E-state index contributed by atoms with van der Waals surface area (Å²) in [4.78, 5) is 5.19. The van der Waals surface area contributed by atoms with Gasteiger partial charge in [-0.1, -0.05) is 20.4 Å². The average molecular weight is 343 g/mol. The van der Waals surface area contributed by atoms with Gasteiger partial charge in [0, 0.05) is 27.9 Å². The van der Waals surface area contributed by atoms with E-state index < -0.39 is 0 Å². The maximum atomic E-state index is 5.20. The Balaban J connectivity index is 0.00000139. The molecule has 2 aromatic carbocycles. The van der Waals surface area contributed by atoms with Crippen molar-refractivity contribution < 1.29 is 4.74 Å². The van der Waals surface area contributed by atoms with Crippen molar-refractivity contribution in [1.29, 1.82) is 0 Å². The van der Waals surface area contributed by atoms with Gasteiger partial charge in [0.15, 0.2) is 0 Å². The first kappa shape index (κ1) is 19.8. The summed E-state index contributed by atoms with van der Waals surface area (Å²) in [5.41, 5.74) is 3.36. The molecule has 24 heavy (non-hydrogen) atoms. The molecule has 0 amide bonds. The van der Waals surface area contributed by atoms with Crippen LogP contribution in [0.3, 0.4) is 0 Å². The van der Waals surface area contributed by atoms with Crippen LogP contribution in [0, 0.1) is 0 Å². The lowest BCUT2D eigenvalue weighted by Crippen LogP contribution is -1.98. The van der Waals surface area contributed by atoms with Crippen LogP contribution in [-0.4, -0.2) is 20.9 Å². The minimum atomic E-state index is 0.735. The second kappa shape index (κ2) is 10.5. The summed E-state index contributed by atoms with van der Waals surface area (Å²) in [6.07, 6.45) is 0. The fourth-order valence-corrected chi connectivity index (χ4v) is 2.50. The Morgan fingerprint density at radius 1 is 1.12 bits per heavy atom. The van der Waals surface area contributed by atoms with E-state index in [2.05, 4.69) is 28.3 Å². The Morgan fingerprint density at radius 2 is 1.79 bits per heavy atom. The van der Waals surface area contributed by atoms with Gasteiger partial charge in [-0.25, -0.2) is 0 Å². The van der Waals surface area contributed by atoms with E-state index in [1.807, 2.05) is 63.4 Å². The number of hydrogen-bond acceptors (Lipinski definition) is 5. The first-order valence-corrected chi connectivity index (χ1v) is 8.54. The number of aliphatic imine (C=N–C) groups is 1. The molecular weight excluding hydrogens is 318 g/mol. The van der Waals surface area contributed by atoms with Crippen LogP contribution in [0.5, 0.6) is 5.75 Å². The van der Waals surface area contributed by atoms with Gasteiger partial charge in [0.2, 0.25) is 0 Å². The third kappa shape index (κ3) is 5.44. The van der Waals surface area contributed by atoms with E-state index >= 15 is 0 Å². The molecule has 2 aromatic rings. The van der Waals surface area contributed by atoms with Crippen LogP contribution in [0.25, 0.3) is 5.70 Å². The van der Waals surface area contributed by atoms with Crippen molar-refractivity contribution in [3.63, 3.8) is 0 Å². The summed E-state index contributed by atoms with van der Waals surface area (Å²) in [5.74, 6) is 0.743. The SMILES string of the molecule is C=Nc1cc(OC)ccc1C(=C)Nc1ccc(SNC)cc1.CC. The highest BCUT2D eigenvalue weighted by atomic mass is 32.2. The number of hydrogen-bond donors (Lipinski definition) is 2. The molecule has 0 bridgehead atoms. The van der Waals surface area contributed by atoms with Crippen LogP contribution in [-0.2, 0) is 0 Å². The number of anilines is 1. The topological polar surface area (TPSA) is 45.6 Å². The Bertz CT molecular complexity index is 669. The van der Waals surface area contributed by atoms with Crippen molar-refractivity contribution in [2.24, 2.45) is 4.99 Å². The summed E-state index contributed by atoms with van der Waals surface area (Å²) < 4.78 is 8.24. The molecule has 0 saturated carbocycles. The minimum absolute atomic E-state index is 0.735. The van der Waals surface area contributed by atoms with Crippen molar-refractivity contribution in [2.45, 2.75) is 18.7 Å². The summed E-state index contributed by atoms with van der Waals surface area (Å²) in [6.45, 7) is 11.7.